The van der Waals surface area contributed by atoms with Crippen molar-refractivity contribution in [3.8, 4) is 0 Å². The van der Waals surface area contributed by atoms with Gasteiger partial charge in [0.1, 0.15) is 0 Å². The Bertz CT molecular complexity index is 255. The van der Waals surface area contributed by atoms with E-state index in [0.29, 0.717) is 25.2 Å². The van der Waals surface area contributed by atoms with Gasteiger partial charge >= 0.3 is 11.9 Å². The van der Waals surface area contributed by atoms with Crippen molar-refractivity contribution in [3.63, 3.8) is 0 Å². The average Bonchev–Trinajstić information content (AvgIpc) is 2.45. The normalized spacial score (nSPS) is 15.6. The van der Waals surface area contributed by atoms with Crippen LogP contribution in [0.4, 0.5) is 0 Å². The molecule has 0 radical (unpaired) electrons. The lowest BCUT2D eigenvalue weighted by Gasteiger charge is -2.01. The Hall–Kier alpha value is -1.16. The molecule has 4 heteroatoms. The van der Waals surface area contributed by atoms with Gasteiger partial charge in [-0.25, -0.2) is 9.59 Å². The Morgan fingerprint density at radius 2 is 2.14 bits per heavy atom. The first-order chi connectivity index (χ1) is 6.74. The smallest absolute Gasteiger partial charge is 0.342 e. The van der Waals surface area contributed by atoms with Gasteiger partial charge in [0.05, 0.1) is 6.61 Å². The molecule has 0 amide bonds. The van der Waals surface area contributed by atoms with Gasteiger partial charge in [0.15, 0.2) is 0 Å². The van der Waals surface area contributed by atoms with Gasteiger partial charge in [0.2, 0.25) is 0 Å². The van der Waals surface area contributed by atoms with Crippen LogP contribution in [0, 0.1) is 0 Å². The van der Waals surface area contributed by atoms with E-state index in [0.717, 1.165) is 12.8 Å². The number of ether oxygens (including phenoxy) is 2. The predicted octanol–water partition coefficient (Wildman–Crippen LogP) is 1.20. The largest absolute Gasteiger partial charge is 0.386 e. The van der Waals surface area contributed by atoms with Crippen LogP contribution in [0.25, 0.3) is 0 Å². The van der Waals surface area contributed by atoms with E-state index in [1.165, 1.54) is 6.08 Å². The van der Waals surface area contributed by atoms with Gasteiger partial charge in [-0.3, -0.25) is 0 Å². The molecule has 78 valence electrons. The second-order valence-electron chi connectivity index (χ2n) is 3.09. The monoisotopic (exact) mass is 198 g/mol. The summed E-state index contributed by atoms with van der Waals surface area (Å²) in [6.45, 7) is 3.25. The average molecular weight is 198 g/mol. The van der Waals surface area contributed by atoms with Crippen LogP contribution < -0.4 is 0 Å². The molecule has 0 saturated carbocycles. The second kappa shape index (κ2) is 5.54. The summed E-state index contributed by atoms with van der Waals surface area (Å²) >= 11 is 0. The highest BCUT2D eigenvalue weighted by Gasteiger charge is 2.22. The van der Waals surface area contributed by atoms with Crippen LogP contribution in [-0.4, -0.2) is 25.2 Å². The summed E-state index contributed by atoms with van der Waals surface area (Å²) in [5, 5.41) is 0. The minimum Gasteiger partial charge on any atom is -0.386 e. The van der Waals surface area contributed by atoms with Crippen LogP contribution in [0.15, 0.2) is 11.6 Å². The molecule has 0 atom stereocenters. The highest BCUT2D eigenvalue weighted by atomic mass is 16.6. The van der Waals surface area contributed by atoms with Gasteiger partial charge in [-0.2, -0.15) is 0 Å². The minimum atomic E-state index is -0.571. The summed E-state index contributed by atoms with van der Waals surface area (Å²) in [4.78, 5) is 21.6. The van der Waals surface area contributed by atoms with Crippen molar-refractivity contribution in [1.82, 2.24) is 0 Å². The first kappa shape index (κ1) is 10.9. The molecule has 1 aliphatic rings. The second-order valence-corrected chi connectivity index (χ2v) is 3.09. The molecular weight excluding hydrogens is 184 g/mol. The molecule has 1 rings (SSSR count). The Morgan fingerprint density at radius 1 is 1.36 bits per heavy atom. The lowest BCUT2D eigenvalue weighted by molar-refractivity contribution is -0.150. The zero-order chi connectivity index (χ0) is 10.4. The SMILES string of the molecule is CCCCOCCC1=CC(=O)OC1=O. The Labute approximate surface area is 82.9 Å². The van der Waals surface area contributed by atoms with Gasteiger partial charge in [-0.1, -0.05) is 13.3 Å². The molecule has 4 nitrogen and oxygen atoms in total. The molecule has 1 heterocycles. The highest BCUT2D eigenvalue weighted by molar-refractivity contribution is 6.08. The number of esters is 2. The number of hydrogen-bond acceptors (Lipinski definition) is 4. The predicted molar refractivity (Wildman–Crippen MR) is 49.5 cm³/mol. The van der Waals surface area contributed by atoms with Crippen molar-refractivity contribution in [2.45, 2.75) is 26.2 Å². The van der Waals surface area contributed by atoms with E-state index in [9.17, 15) is 9.59 Å². The number of cyclic esters (lactones) is 2. The number of rotatable bonds is 6. The third kappa shape index (κ3) is 3.30. The Balaban J connectivity index is 2.15. The van der Waals surface area contributed by atoms with E-state index in [1.807, 2.05) is 0 Å². The zero-order valence-corrected chi connectivity index (χ0v) is 8.25. The summed E-state index contributed by atoms with van der Waals surface area (Å²) in [7, 11) is 0. The number of unbranched alkanes of at least 4 members (excludes halogenated alkanes) is 1. The van der Waals surface area contributed by atoms with E-state index in [2.05, 4.69) is 11.7 Å². The van der Waals surface area contributed by atoms with Crippen molar-refractivity contribution < 1.29 is 19.1 Å². The molecule has 0 saturated heterocycles. The summed E-state index contributed by atoms with van der Waals surface area (Å²) < 4.78 is 9.59. The van der Waals surface area contributed by atoms with Crippen LogP contribution in [-0.2, 0) is 19.1 Å². The molecule has 0 spiro atoms. The Morgan fingerprint density at radius 3 is 2.71 bits per heavy atom. The van der Waals surface area contributed by atoms with Crippen molar-refractivity contribution in [3.05, 3.63) is 11.6 Å². The van der Waals surface area contributed by atoms with E-state index < -0.39 is 11.9 Å². The van der Waals surface area contributed by atoms with Crippen LogP contribution in [0.1, 0.15) is 26.2 Å². The maximum Gasteiger partial charge on any atom is 0.342 e. The summed E-state index contributed by atoms with van der Waals surface area (Å²) in [5.74, 6) is -1.10. The number of carbonyl (C=O) groups excluding carboxylic acids is 2. The third-order valence-corrected chi connectivity index (χ3v) is 1.91. The lowest BCUT2D eigenvalue weighted by Crippen LogP contribution is -2.05. The maximum atomic E-state index is 10.9. The molecule has 1 aliphatic heterocycles. The number of carbonyl (C=O) groups is 2. The van der Waals surface area contributed by atoms with Gasteiger partial charge in [0.25, 0.3) is 0 Å². The molecule has 0 aromatic carbocycles. The first-order valence-electron chi connectivity index (χ1n) is 4.78. The molecular formula is C10H14O4. The van der Waals surface area contributed by atoms with E-state index in [4.69, 9.17) is 4.74 Å². The fraction of sp³-hybridized carbons (Fsp3) is 0.600. The van der Waals surface area contributed by atoms with Crippen LogP contribution in [0.5, 0.6) is 0 Å². The maximum absolute atomic E-state index is 10.9. The number of hydrogen-bond donors (Lipinski definition) is 0. The molecule has 0 N–H and O–H groups in total. The lowest BCUT2D eigenvalue weighted by atomic mass is 10.2. The van der Waals surface area contributed by atoms with Crippen LogP contribution >= 0.6 is 0 Å². The fourth-order valence-electron chi connectivity index (χ4n) is 1.09. The fourth-order valence-corrected chi connectivity index (χ4v) is 1.09. The van der Waals surface area contributed by atoms with Crippen molar-refractivity contribution in [2.24, 2.45) is 0 Å². The molecule has 0 aromatic rings. The zero-order valence-electron chi connectivity index (χ0n) is 8.25. The third-order valence-electron chi connectivity index (χ3n) is 1.91. The van der Waals surface area contributed by atoms with Gasteiger partial charge < -0.3 is 9.47 Å². The highest BCUT2D eigenvalue weighted by Crippen LogP contribution is 2.11. The van der Waals surface area contributed by atoms with Crippen LogP contribution in [0.2, 0.25) is 0 Å². The molecule has 0 aliphatic carbocycles. The summed E-state index contributed by atoms with van der Waals surface area (Å²) in [6, 6.07) is 0. The molecule has 14 heavy (non-hydrogen) atoms. The summed E-state index contributed by atoms with van der Waals surface area (Å²) in [5.41, 5.74) is 0.409. The van der Waals surface area contributed by atoms with E-state index in [-0.39, 0.29) is 0 Å². The van der Waals surface area contributed by atoms with Gasteiger partial charge in [-0.15, -0.1) is 0 Å². The summed E-state index contributed by atoms with van der Waals surface area (Å²) in [6.07, 6.45) is 3.78. The Kier molecular flexibility index (Phi) is 4.32. The molecule has 0 aromatic heterocycles. The molecule has 0 bridgehead atoms. The molecule has 0 unspecified atom stereocenters. The standard InChI is InChI=1S/C10H14O4/c1-2-3-5-13-6-4-8-7-9(11)14-10(8)12/h7H,2-6H2,1H3. The van der Waals surface area contributed by atoms with Crippen molar-refractivity contribution in [1.29, 1.82) is 0 Å². The van der Waals surface area contributed by atoms with Crippen LogP contribution in [0.3, 0.4) is 0 Å². The quantitative estimate of drug-likeness (QED) is 0.365. The van der Waals surface area contributed by atoms with Crippen molar-refractivity contribution >= 4 is 11.9 Å². The van der Waals surface area contributed by atoms with Gasteiger partial charge in [-0.05, 0) is 6.42 Å². The molecule has 0 fully saturated rings. The minimum absolute atomic E-state index is 0.409. The van der Waals surface area contributed by atoms with Gasteiger partial charge in [0, 0.05) is 24.7 Å². The van der Waals surface area contributed by atoms with E-state index in [1.54, 1.807) is 0 Å². The first-order valence-corrected chi connectivity index (χ1v) is 4.78. The topological polar surface area (TPSA) is 52.6 Å². The van der Waals surface area contributed by atoms with E-state index >= 15 is 0 Å². The van der Waals surface area contributed by atoms with Crippen molar-refractivity contribution in [2.75, 3.05) is 13.2 Å².